The van der Waals surface area contributed by atoms with E-state index in [9.17, 15) is 4.79 Å². The van der Waals surface area contributed by atoms with Crippen LogP contribution in [0.2, 0.25) is 0 Å². The highest BCUT2D eigenvalue weighted by atomic mass is 32.1. The van der Waals surface area contributed by atoms with Crippen LogP contribution in [0.25, 0.3) is 0 Å². The summed E-state index contributed by atoms with van der Waals surface area (Å²) in [5, 5.41) is 2.92. The van der Waals surface area contributed by atoms with E-state index in [0.717, 1.165) is 5.76 Å². The third-order valence-electron chi connectivity index (χ3n) is 2.87. The van der Waals surface area contributed by atoms with Crippen molar-refractivity contribution in [1.82, 2.24) is 5.32 Å². The van der Waals surface area contributed by atoms with Gasteiger partial charge in [0.25, 0.3) is 5.91 Å². The highest BCUT2D eigenvalue weighted by Gasteiger charge is 2.12. The lowest BCUT2D eigenvalue weighted by atomic mass is 10.1. The minimum absolute atomic E-state index is 0.0258. The van der Waals surface area contributed by atoms with Gasteiger partial charge in [-0.05, 0) is 31.2 Å². The molecule has 0 aliphatic carbocycles. The molecule has 0 saturated carbocycles. The van der Waals surface area contributed by atoms with Crippen LogP contribution in [0.4, 0.5) is 0 Å². The molecule has 20 heavy (non-hydrogen) atoms. The topological polar surface area (TPSA) is 68.3 Å². The van der Waals surface area contributed by atoms with Gasteiger partial charge in [-0.2, -0.15) is 0 Å². The molecule has 2 aromatic rings. The molecule has 104 valence electrons. The summed E-state index contributed by atoms with van der Waals surface area (Å²) in [5.41, 5.74) is 6.79. The van der Waals surface area contributed by atoms with Gasteiger partial charge in [-0.3, -0.25) is 4.79 Å². The molecule has 1 aromatic carbocycles. The first-order valence-corrected chi connectivity index (χ1v) is 6.70. The molecule has 1 atom stereocenters. The maximum absolute atomic E-state index is 12.1. The maximum atomic E-state index is 12.1. The number of rotatable bonds is 5. The summed E-state index contributed by atoms with van der Waals surface area (Å²) in [7, 11) is 0. The second-order valence-corrected chi connectivity index (χ2v) is 5.04. The van der Waals surface area contributed by atoms with Gasteiger partial charge in [0.1, 0.15) is 10.7 Å². The van der Waals surface area contributed by atoms with Crippen LogP contribution in [0.5, 0.6) is 0 Å². The molecule has 0 saturated heterocycles. The second kappa shape index (κ2) is 6.34. The van der Waals surface area contributed by atoms with E-state index in [1.807, 2.05) is 19.1 Å². The molecule has 0 spiro atoms. The summed E-state index contributed by atoms with van der Waals surface area (Å²) in [4.78, 5) is 12.4. The summed E-state index contributed by atoms with van der Waals surface area (Å²) in [6, 6.07) is 10.7. The fourth-order valence-corrected chi connectivity index (χ4v) is 2.03. The quantitative estimate of drug-likeness (QED) is 0.828. The molecular weight excluding hydrogens is 272 g/mol. The lowest BCUT2D eigenvalue weighted by Gasteiger charge is -2.13. The number of furan rings is 1. The lowest BCUT2D eigenvalue weighted by molar-refractivity contribution is 0.0939. The van der Waals surface area contributed by atoms with Crippen LogP contribution in [-0.2, 0) is 6.42 Å². The summed E-state index contributed by atoms with van der Waals surface area (Å²) in [6.45, 7) is 1.93. The fourth-order valence-electron chi connectivity index (χ4n) is 1.90. The Hall–Kier alpha value is -2.14. The molecule has 0 fully saturated rings. The van der Waals surface area contributed by atoms with Gasteiger partial charge < -0.3 is 15.5 Å². The zero-order chi connectivity index (χ0) is 14.5. The minimum Gasteiger partial charge on any atom is -0.469 e. The van der Waals surface area contributed by atoms with Crippen LogP contribution >= 0.6 is 12.2 Å². The number of benzene rings is 1. The number of hydrogen-bond donors (Lipinski definition) is 2. The molecule has 0 aliphatic rings. The maximum Gasteiger partial charge on any atom is 0.251 e. The average Bonchev–Trinajstić information content (AvgIpc) is 2.91. The van der Waals surface area contributed by atoms with Crippen molar-refractivity contribution in [2.24, 2.45) is 5.73 Å². The Morgan fingerprint density at radius 2 is 2.10 bits per heavy atom. The summed E-state index contributed by atoms with van der Waals surface area (Å²) < 4.78 is 5.26. The van der Waals surface area contributed by atoms with Gasteiger partial charge in [-0.15, -0.1) is 0 Å². The largest absolute Gasteiger partial charge is 0.469 e. The summed E-state index contributed by atoms with van der Waals surface area (Å²) >= 11 is 4.91. The summed E-state index contributed by atoms with van der Waals surface area (Å²) in [6.07, 6.45) is 2.27. The van der Waals surface area contributed by atoms with Crippen LogP contribution in [0, 0.1) is 0 Å². The van der Waals surface area contributed by atoms with Crippen molar-refractivity contribution in [3.8, 4) is 0 Å². The number of carbonyl (C=O) groups excluding carboxylic acids is 1. The monoisotopic (exact) mass is 288 g/mol. The van der Waals surface area contributed by atoms with Gasteiger partial charge in [0.05, 0.1) is 6.26 Å². The van der Waals surface area contributed by atoms with E-state index in [1.54, 1.807) is 30.5 Å². The predicted octanol–water partition coefficient (Wildman–Crippen LogP) is 2.27. The van der Waals surface area contributed by atoms with Crippen molar-refractivity contribution in [2.45, 2.75) is 19.4 Å². The Labute approximate surface area is 123 Å². The highest BCUT2D eigenvalue weighted by Crippen LogP contribution is 2.08. The third kappa shape index (κ3) is 3.68. The molecule has 3 N–H and O–H groups in total. The van der Waals surface area contributed by atoms with Crippen LogP contribution in [0.15, 0.2) is 47.1 Å². The lowest BCUT2D eigenvalue weighted by Crippen LogP contribution is -2.34. The Morgan fingerprint density at radius 3 is 2.75 bits per heavy atom. The Morgan fingerprint density at radius 1 is 1.35 bits per heavy atom. The van der Waals surface area contributed by atoms with Crippen molar-refractivity contribution < 1.29 is 9.21 Å². The molecule has 1 amide bonds. The van der Waals surface area contributed by atoms with Crippen LogP contribution in [0.1, 0.15) is 28.6 Å². The molecule has 1 heterocycles. The number of amides is 1. The van der Waals surface area contributed by atoms with E-state index in [4.69, 9.17) is 22.4 Å². The molecule has 4 nitrogen and oxygen atoms in total. The van der Waals surface area contributed by atoms with Crippen molar-refractivity contribution >= 4 is 23.1 Å². The molecule has 2 rings (SSSR count). The van der Waals surface area contributed by atoms with Gasteiger partial charge in [0.15, 0.2) is 0 Å². The van der Waals surface area contributed by atoms with Crippen LogP contribution in [0.3, 0.4) is 0 Å². The third-order valence-corrected chi connectivity index (χ3v) is 3.11. The highest BCUT2D eigenvalue weighted by molar-refractivity contribution is 7.80. The first-order valence-electron chi connectivity index (χ1n) is 6.29. The minimum atomic E-state index is -0.151. The Bertz CT molecular complexity index is 608. The number of hydrogen-bond acceptors (Lipinski definition) is 3. The van der Waals surface area contributed by atoms with Crippen LogP contribution < -0.4 is 11.1 Å². The molecule has 1 aromatic heterocycles. The first kappa shape index (κ1) is 14.3. The normalized spacial score (nSPS) is 11.8. The zero-order valence-electron chi connectivity index (χ0n) is 11.1. The number of nitrogens with one attached hydrogen (secondary N) is 1. The van der Waals surface area contributed by atoms with E-state index in [1.165, 1.54) is 0 Å². The zero-order valence-corrected chi connectivity index (χ0v) is 11.9. The molecular formula is C15H16N2O2S. The van der Waals surface area contributed by atoms with Gasteiger partial charge in [-0.25, -0.2) is 0 Å². The van der Waals surface area contributed by atoms with E-state index >= 15 is 0 Å². The fraction of sp³-hybridized carbons (Fsp3) is 0.200. The van der Waals surface area contributed by atoms with Gasteiger partial charge in [-0.1, -0.05) is 24.4 Å². The molecule has 0 bridgehead atoms. The van der Waals surface area contributed by atoms with Crippen LogP contribution in [-0.4, -0.2) is 16.9 Å². The first-order chi connectivity index (χ1) is 9.56. The average molecular weight is 288 g/mol. The van der Waals surface area contributed by atoms with E-state index < -0.39 is 0 Å². The van der Waals surface area contributed by atoms with E-state index in [-0.39, 0.29) is 16.9 Å². The molecule has 1 unspecified atom stereocenters. The van der Waals surface area contributed by atoms with Crippen molar-refractivity contribution in [3.05, 3.63) is 59.5 Å². The van der Waals surface area contributed by atoms with Gasteiger partial charge in [0, 0.05) is 23.6 Å². The van der Waals surface area contributed by atoms with Crippen molar-refractivity contribution in [1.29, 1.82) is 0 Å². The molecule has 0 aliphatic heterocycles. The Kier molecular flexibility index (Phi) is 4.53. The van der Waals surface area contributed by atoms with Gasteiger partial charge in [0.2, 0.25) is 0 Å². The number of thiocarbonyl (C=S) groups is 1. The predicted molar refractivity (Wildman–Crippen MR) is 81.7 cm³/mol. The van der Waals surface area contributed by atoms with Crippen molar-refractivity contribution in [2.75, 3.05) is 0 Å². The molecule has 0 radical (unpaired) electrons. The summed E-state index contributed by atoms with van der Waals surface area (Å²) in [5.74, 6) is 0.692. The van der Waals surface area contributed by atoms with Crippen molar-refractivity contribution in [3.63, 3.8) is 0 Å². The second-order valence-electron chi connectivity index (χ2n) is 4.60. The Balaban J connectivity index is 2.00. The smallest absolute Gasteiger partial charge is 0.251 e. The SMILES string of the molecule is CC(Cc1ccco1)NC(=O)c1cccc(C(N)=S)c1. The van der Waals surface area contributed by atoms with E-state index in [2.05, 4.69) is 5.32 Å². The number of carbonyl (C=O) groups is 1. The van der Waals surface area contributed by atoms with E-state index in [0.29, 0.717) is 17.5 Å². The van der Waals surface area contributed by atoms with Gasteiger partial charge >= 0.3 is 0 Å². The number of nitrogens with two attached hydrogens (primary N) is 1. The standard InChI is InChI=1S/C15H16N2O2S/c1-10(8-13-6-3-7-19-13)17-15(18)12-5-2-4-11(9-12)14(16)20/h2-7,9-10H,8H2,1H3,(H2,16,20)(H,17,18). The molecule has 5 heteroatoms.